The van der Waals surface area contributed by atoms with E-state index in [1.807, 2.05) is 0 Å². The van der Waals surface area contributed by atoms with E-state index in [4.69, 9.17) is 5.73 Å². The Bertz CT molecular complexity index is 401. The van der Waals surface area contributed by atoms with Crippen molar-refractivity contribution in [2.24, 2.45) is 5.73 Å². The molecular formula is C13H18N2O3. The summed E-state index contributed by atoms with van der Waals surface area (Å²) in [5, 5.41) is 2.79. The zero-order chi connectivity index (χ0) is 13.4. The minimum Gasteiger partial charge on any atom is -0.465 e. The van der Waals surface area contributed by atoms with Crippen molar-refractivity contribution in [2.45, 2.75) is 19.4 Å². The zero-order valence-electron chi connectivity index (χ0n) is 10.4. The summed E-state index contributed by atoms with van der Waals surface area (Å²) >= 11 is 0. The van der Waals surface area contributed by atoms with Gasteiger partial charge in [-0.2, -0.15) is 0 Å². The lowest BCUT2D eigenvalue weighted by molar-refractivity contribution is -0.121. The van der Waals surface area contributed by atoms with Crippen molar-refractivity contribution in [3.8, 4) is 0 Å². The molecule has 1 aromatic rings. The van der Waals surface area contributed by atoms with Gasteiger partial charge < -0.3 is 15.8 Å². The fraction of sp³-hybridized carbons (Fsp3) is 0.385. The third-order valence-corrected chi connectivity index (χ3v) is 2.47. The van der Waals surface area contributed by atoms with Crippen molar-refractivity contribution in [1.29, 1.82) is 0 Å². The maximum atomic E-state index is 11.4. The average Bonchev–Trinajstić information content (AvgIpc) is 2.42. The Morgan fingerprint density at radius 1 is 1.28 bits per heavy atom. The number of esters is 1. The summed E-state index contributed by atoms with van der Waals surface area (Å²) in [7, 11) is 1.34. The van der Waals surface area contributed by atoms with Gasteiger partial charge in [-0.15, -0.1) is 0 Å². The molecule has 0 aliphatic rings. The number of amides is 1. The number of nitrogens with two attached hydrogens (primary N) is 1. The van der Waals surface area contributed by atoms with E-state index in [0.29, 0.717) is 31.5 Å². The molecule has 0 aliphatic heterocycles. The lowest BCUT2D eigenvalue weighted by Crippen LogP contribution is -2.23. The van der Waals surface area contributed by atoms with Gasteiger partial charge >= 0.3 is 5.97 Å². The number of ether oxygens (including phenoxy) is 1. The molecule has 0 atom stereocenters. The van der Waals surface area contributed by atoms with Crippen LogP contribution in [0.15, 0.2) is 24.3 Å². The van der Waals surface area contributed by atoms with E-state index in [0.717, 1.165) is 5.56 Å². The molecule has 5 heteroatoms. The van der Waals surface area contributed by atoms with Crippen LogP contribution in [0.25, 0.3) is 0 Å². The Balaban J connectivity index is 2.44. The van der Waals surface area contributed by atoms with Gasteiger partial charge in [-0.1, -0.05) is 12.1 Å². The molecule has 18 heavy (non-hydrogen) atoms. The Hall–Kier alpha value is -1.88. The summed E-state index contributed by atoms with van der Waals surface area (Å²) in [6.45, 7) is 0.964. The molecule has 3 N–H and O–H groups in total. The first-order valence-corrected chi connectivity index (χ1v) is 5.81. The minimum absolute atomic E-state index is 0.0162. The van der Waals surface area contributed by atoms with Crippen molar-refractivity contribution < 1.29 is 14.3 Å². The lowest BCUT2D eigenvalue weighted by Gasteiger charge is -2.05. The molecule has 0 saturated heterocycles. The molecule has 0 aliphatic carbocycles. The van der Waals surface area contributed by atoms with E-state index in [2.05, 4.69) is 10.1 Å². The largest absolute Gasteiger partial charge is 0.465 e. The molecule has 5 nitrogen and oxygen atoms in total. The third-order valence-electron chi connectivity index (χ3n) is 2.47. The second kappa shape index (κ2) is 7.45. The second-order valence-corrected chi connectivity index (χ2v) is 3.86. The first-order valence-electron chi connectivity index (χ1n) is 5.81. The quantitative estimate of drug-likeness (QED) is 0.733. The number of carbonyl (C=O) groups excluding carboxylic acids is 2. The third kappa shape index (κ3) is 4.55. The van der Waals surface area contributed by atoms with Crippen LogP contribution in [0.2, 0.25) is 0 Å². The van der Waals surface area contributed by atoms with Crippen molar-refractivity contribution in [1.82, 2.24) is 5.32 Å². The highest BCUT2D eigenvalue weighted by Gasteiger charge is 2.05. The van der Waals surface area contributed by atoms with Gasteiger partial charge in [0.05, 0.1) is 12.7 Å². The highest BCUT2D eigenvalue weighted by molar-refractivity contribution is 5.89. The van der Waals surface area contributed by atoms with Crippen LogP contribution in [-0.2, 0) is 16.1 Å². The standard InChI is InChI=1S/C13H18N2O3/c1-18-13(17)11-6-4-10(5-7-11)9-15-12(16)3-2-8-14/h4-7H,2-3,8-9,14H2,1H3,(H,15,16). The molecule has 0 unspecified atom stereocenters. The van der Waals surface area contributed by atoms with Crippen LogP contribution in [-0.4, -0.2) is 25.5 Å². The smallest absolute Gasteiger partial charge is 0.337 e. The summed E-state index contributed by atoms with van der Waals surface area (Å²) < 4.78 is 4.60. The fourth-order valence-corrected chi connectivity index (χ4v) is 1.43. The molecule has 1 rings (SSSR count). The average molecular weight is 250 g/mol. The van der Waals surface area contributed by atoms with Gasteiger partial charge in [0.2, 0.25) is 5.91 Å². The van der Waals surface area contributed by atoms with Crippen molar-refractivity contribution in [3.63, 3.8) is 0 Å². The second-order valence-electron chi connectivity index (χ2n) is 3.86. The number of carbonyl (C=O) groups is 2. The molecule has 98 valence electrons. The molecule has 0 heterocycles. The van der Waals surface area contributed by atoms with E-state index in [9.17, 15) is 9.59 Å². The van der Waals surface area contributed by atoms with Crippen LogP contribution in [0.4, 0.5) is 0 Å². The van der Waals surface area contributed by atoms with E-state index in [1.54, 1.807) is 24.3 Å². The normalized spacial score (nSPS) is 9.89. The summed E-state index contributed by atoms with van der Waals surface area (Å²) in [6, 6.07) is 6.92. The molecule has 0 fully saturated rings. The first kappa shape index (κ1) is 14.2. The summed E-state index contributed by atoms with van der Waals surface area (Å²) in [4.78, 5) is 22.6. The van der Waals surface area contributed by atoms with Gasteiger partial charge in [-0.25, -0.2) is 4.79 Å². The summed E-state index contributed by atoms with van der Waals surface area (Å²) in [5.74, 6) is -0.383. The SMILES string of the molecule is COC(=O)c1ccc(CNC(=O)CCCN)cc1. The zero-order valence-corrected chi connectivity index (χ0v) is 10.4. The Morgan fingerprint density at radius 2 is 1.94 bits per heavy atom. The van der Waals surface area contributed by atoms with Crippen LogP contribution in [0.5, 0.6) is 0 Å². The first-order chi connectivity index (χ1) is 8.67. The molecule has 0 aromatic heterocycles. The number of benzene rings is 1. The molecule has 1 amide bonds. The van der Waals surface area contributed by atoms with Gasteiger partial charge in [0.25, 0.3) is 0 Å². The predicted molar refractivity (Wildman–Crippen MR) is 67.9 cm³/mol. The number of hydrogen-bond acceptors (Lipinski definition) is 4. The topological polar surface area (TPSA) is 81.4 Å². The van der Waals surface area contributed by atoms with Gasteiger partial charge in [-0.05, 0) is 30.7 Å². The summed E-state index contributed by atoms with van der Waals surface area (Å²) in [6.07, 6.45) is 1.13. The van der Waals surface area contributed by atoms with Crippen molar-refractivity contribution in [3.05, 3.63) is 35.4 Å². The van der Waals surface area contributed by atoms with Crippen LogP contribution < -0.4 is 11.1 Å². The number of methoxy groups -OCH3 is 1. The van der Waals surface area contributed by atoms with Crippen LogP contribution >= 0.6 is 0 Å². The van der Waals surface area contributed by atoms with E-state index < -0.39 is 0 Å². The van der Waals surface area contributed by atoms with Crippen molar-refractivity contribution in [2.75, 3.05) is 13.7 Å². The number of nitrogens with one attached hydrogen (secondary N) is 1. The molecule has 1 aromatic carbocycles. The Kier molecular flexibility index (Phi) is 5.87. The van der Waals surface area contributed by atoms with Gasteiger partial charge in [0.15, 0.2) is 0 Å². The monoisotopic (exact) mass is 250 g/mol. The highest BCUT2D eigenvalue weighted by atomic mass is 16.5. The van der Waals surface area contributed by atoms with E-state index >= 15 is 0 Å². The number of rotatable bonds is 6. The highest BCUT2D eigenvalue weighted by Crippen LogP contribution is 2.05. The van der Waals surface area contributed by atoms with Crippen LogP contribution in [0.1, 0.15) is 28.8 Å². The van der Waals surface area contributed by atoms with E-state index in [-0.39, 0.29) is 11.9 Å². The van der Waals surface area contributed by atoms with E-state index in [1.165, 1.54) is 7.11 Å². The molecule has 0 saturated carbocycles. The van der Waals surface area contributed by atoms with Gasteiger partial charge in [0.1, 0.15) is 0 Å². The lowest BCUT2D eigenvalue weighted by atomic mass is 10.1. The number of hydrogen-bond donors (Lipinski definition) is 2. The summed E-state index contributed by atoms with van der Waals surface area (Å²) in [5.41, 5.74) is 6.75. The molecular weight excluding hydrogens is 232 g/mol. The van der Waals surface area contributed by atoms with Crippen LogP contribution in [0.3, 0.4) is 0 Å². The Labute approximate surface area is 106 Å². The Morgan fingerprint density at radius 3 is 2.50 bits per heavy atom. The molecule has 0 bridgehead atoms. The van der Waals surface area contributed by atoms with Gasteiger partial charge in [-0.3, -0.25) is 4.79 Å². The maximum absolute atomic E-state index is 11.4. The van der Waals surface area contributed by atoms with Gasteiger partial charge in [0, 0.05) is 13.0 Å². The molecule has 0 radical (unpaired) electrons. The maximum Gasteiger partial charge on any atom is 0.337 e. The fourth-order valence-electron chi connectivity index (χ4n) is 1.43. The van der Waals surface area contributed by atoms with Crippen LogP contribution in [0, 0.1) is 0 Å². The molecule has 0 spiro atoms. The minimum atomic E-state index is -0.367. The van der Waals surface area contributed by atoms with Crippen molar-refractivity contribution >= 4 is 11.9 Å². The predicted octanol–water partition coefficient (Wildman–Crippen LogP) is 0.828.